The summed E-state index contributed by atoms with van der Waals surface area (Å²) < 4.78 is 99.8. The number of ether oxygens (including phenoxy) is 3. The first-order valence-corrected chi connectivity index (χ1v) is 14.5. The Labute approximate surface area is 247 Å². The van der Waals surface area contributed by atoms with Crippen LogP contribution in [0.15, 0.2) is 78.9 Å². The van der Waals surface area contributed by atoms with Crippen LogP contribution in [0.5, 0.6) is 0 Å². The van der Waals surface area contributed by atoms with Crippen molar-refractivity contribution in [3.63, 3.8) is 0 Å². The third kappa shape index (κ3) is 7.98. The van der Waals surface area contributed by atoms with Crippen LogP contribution in [-0.2, 0) is 33.1 Å². The first-order chi connectivity index (χ1) is 20.5. The van der Waals surface area contributed by atoms with Crippen LogP contribution >= 0.6 is 0 Å². The summed E-state index contributed by atoms with van der Waals surface area (Å²) in [5.74, 6) is -0.342. The van der Waals surface area contributed by atoms with E-state index in [0.29, 0.717) is 31.7 Å². The van der Waals surface area contributed by atoms with Crippen LogP contribution in [0.2, 0.25) is 0 Å². The minimum absolute atomic E-state index is 0.0141. The summed E-state index contributed by atoms with van der Waals surface area (Å²) in [6.07, 6.45) is -9.56. The van der Waals surface area contributed by atoms with Crippen LogP contribution in [0.4, 0.5) is 26.3 Å². The highest BCUT2D eigenvalue weighted by molar-refractivity contribution is 5.35. The van der Waals surface area contributed by atoms with Crippen LogP contribution in [-0.4, -0.2) is 31.6 Å². The van der Waals surface area contributed by atoms with Gasteiger partial charge >= 0.3 is 12.4 Å². The first kappa shape index (κ1) is 31.5. The molecule has 2 aliphatic rings. The number of rotatable bonds is 9. The van der Waals surface area contributed by atoms with E-state index >= 15 is 0 Å². The van der Waals surface area contributed by atoms with Crippen molar-refractivity contribution in [3.05, 3.63) is 107 Å². The van der Waals surface area contributed by atoms with E-state index in [1.807, 2.05) is 48.5 Å². The van der Waals surface area contributed by atoms with E-state index in [4.69, 9.17) is 14.2 Å². The van der Waals surface area contributed by atoms with Gasteiger partial charge < -0.3 is 19.5 Å². The fourth-order valence-corrected chi connectivity index (χ4v) is 6.09. The second-order valence-corrected chi connectivity index (χ2v) is 11.2. The molecule has 2 heterocycles. The quantitative estimate of drug-likeness (QED) is 0.249. The summed E-state index contributed by atoms with van der Waals surface area (Å²) in [6, 6.07) is 21.2. The molecule has 2 aliphatic heterocycles. The average Bonchev–Trinajstić information content (AvgIpc) is 3.46. The van der Waals surface area contributed by atoms with Crippen molar-refractivity contribution < 1.29 is 40.6 Å². The van der Waals surface area contributed by atoms with Crippen molar-refractivity contribution in [2.75, 3.05) is 13.2 Å². The molecule has 2 saturated heterocycles. The SMILES string of the molecule is C[C@@H](O[C@H]1OCCC(C2CCC(CNCc3ccccc3)O2)[C@H]1c1ccccc1)c1cc(C(F)(F)F)cc(C(F)(F)F)c1. The summed E-state index contributed by atoms with van der Waals surface area (Å²) in [5.41, 5.74) is -0.870. The van der Waals surface area contributed by atoms with Gasteiger partial charge in [-0.05, 0) is 67.0 Å². The van der Waals surface area contributed by atoms with Gasteiger partial charge in [-0.25, -0.2) is 0 Å². The molecular formula is C33H35F6NO3. The van der Waals surface area contributed by atoms with Crippen LogP contribution in [0.3, 0.4) is 0 Å². The molecule has 6 atom stereocenters. The zero-order chi connectivity index (χ0) is 30.6. The van der Waals surface area contributed by atoms with Gasteiger partial charge in [0, 0.05) is 19.0 Å². The van der Waals surface area contributed by atoms with Crippen molar-refractivity contribution in [2.24, 2.45) is 5.92 Å². The Kier molecular flexibility index (Phi) is 9.80. The molecule has 0 amide bonds. The molecule has 10 heteroatoms. The summed E-state index contributed by atoms with van der Waals surface area (Å²) in [7, 11) is 0. The summed E-state index contributed by atoms with van der Waals surface area (Å²) >= 11 is 0. The predicted molar refractivity (Wildman–Crippen MR) is 149 cm³/mol. The normalized spacial score (nSPS) is 25.5. The Balaban J connectivity index is 1.32. The van der Waals surface area contributed by atoms with E-state index in [2.05, 4.69) is 17.4 Å². The number of halogens is 6. The summed E-state index contributed by atoms with van der Waals surface area (Å²) in [5, 5.41) is 3.46. The monoisotopic (exact) mass is 607 g/mol. The lowest BCUT2D eigenvalue weighted by Gasteiger charge is -2.41. The van der Waals surface area contributed by atoms with Gasteiger partial charge in [-0.15, -0.1) is 0 Å². The van der Waals surface area contributed by atoms with Crippen molar-refractivity contribution in [1.82, 2.24) is 5.32 Å². The van der Waals surface area contributed by atoms with Gasteiger partial charge in [-0.3, -0.25) is 0 Å². The molecule has 3 unspecified atom stereocenters. The first-order valence-electron chi connectivity index (χ1n) is 14.5. The lowest BCUT2D eigenvalue weighted by atomic mass is 9.77. The van der Waals surface area contributed by atoms with E-state index < -0.39 is 35.9 Å². The number of nitrogens with one attached hydrogen (secondary N) is 1. The molecule has 43 heavy (non-hydrogen) atoms. The summed E-state index contributed by atoms with van der Waals surface area (Å²) in [6.45, 7) is 3.21. The lowest BCUT2D eigenvalue weighted by molar-refractivity contribution is -0.218. The lowest BCUT2D eigenvalue weighted by Crippen LogP contribution is -2.42. The molecule has 3 aromatic carbocycles. The Morgan fingerprint density at radius 3 is 2.09 bits per heavy atom. The van der Waals surface area contributed by atoms with E-state index in [-0.39, 0.29) is 35.7 Å². The summed E-state index contributed by atoms with van der Waals surface area (Å²) in [4.78, 5) is 0. The zero-order valence-corrected chi connectivity index (χ0v) is 23.7. The highest BCUT2D eigenvalue weighted by Gasteiger charge is 2.44. The van der Waals surface area contributed by atoms with Crippen LogP contribution in [0, 0.1) is 5.92 Å². The maximum Gasteiger partial charge on any atom is 0.416 e. The second-order valence-electron chi connectivity index (χ2n) is 11.2. The van der Waals surface area contributed by atoms with Crippen molar-refractivity contribution in [1.29, 1.82) is 0 Å². The van der Waals surface area contributed by atoms with E-state index in [1.165, 1.54) is 12.5 Å². The van der Waals surface area contributed by atoms with Gasteiger partial charge in [-0.1, -0.05) is 60.7 Å². The zero-order valence-electron chi connectivity index (χ0n) is 23.7. The fourth-order valence-electron chi connectivity index (χ4n) is 6.09. The minimum atomic E-state index is -4.94. The largest absolute Gasteiger partial charge is 0.416 e. The maximum absolute atomic E-state index is 13.5. The highest BCUT2D eigenvalue weighted by Crippen LogP contribution is 2.45. The van der Waals surface area contributed by atoms with E-state index in [0.717, 1.165) is 24.9 Å². The Morgan fingerprint density at radius 1 is 0.837 bits per heavy atom. The van der Waals surface area contributed by atoms with Crippen LogP contribution in [0.25, 0.3) is 0 Å². The van der Waals surface area contributed by atoms with Crippen LogP contribution < -0.4 is 5.32 Å². The third-order valence-corrected chi connectivity index (χ3v) is 8.25. The van der Waals surface area contributed by atoms with E-state index in [9.17, 15) is 26.3 Å². The van der Waals surface area contributed by atoms with Crippen molar-refractivity contribution >= 4 is 0 Å². The minimum Gasteiger partial charge on any atom is -0.373 e. The molecule has 0 radical (unpaired) electrons. The smallest absolute Gasteiger partial charge is 0.373 e. The number of hydrogen-bond acceptors (Lipinski definition) is 4. The fraction of sp³-hybridized carbons (Fsp3) is 0.455. The molecular weight excluding hydrogens is 572 g/mol. The Hall–Kier alpha value is -2.92. The van der Waals surface area contributed by atoms with Gasteiger partial charge in [0.15, 0.2) is 6.29 Å². The molecule has 232 valence electrons. The maximum atomic E-state index is 13.5. The molecule has 2 fully saturated rings. The van der Waals surface area contributed by atoms with Gasteiger partial charge in [0.05, 0.1) is 36.0 Å². The topological polar surface area (TPSA) is 39.7 Å². The molecule has 4 nitrogen and oxygen atoms in total. The molecule has 0 bridgehead atoms. The van der Waals surface area contributed by atoms with Crippen molar-refractivity contribution in [2.45, 2.75) is 75.6 Å². The second kappa shape index (κ2) is 13.4. The third-order valence-electron chi connectivity index (χ3n) is 8.25. The van der Waals surface area contributed by atoms with Gasteiger partial charge in [0.25, 0.3) is 0 Å². The van der Waals surface area contributed by atoms with E-state index in [1.54, 1.807) is 0 Å². The molecule has 0 aliphatic carbocycles. The van der Waals surface area contributed by atoms with Gasteiger partial charge in [0.1, 0.15) is 0 Å². The van der Waals surface area contributed by atoms with Crippen molar-refractivity contribution in [3.8, 4) is 0 Å². The average molecular weight is 608 g/mol. The number of benzene rings is 3. The molecule has 0 spiro atoms. The number of hydrogen-bond donors (Lipinski definition) is 1. The Morgan fingerprint density at radius 2 is 1.47 bits per heavy atom. The molecule has 0 aromatic heterocycles. The molecule has 0 saturated carbocycles. The number of alkyl halides is 6. The molecule has 3 aromatic rings. The van der Waals surface area contributed by atoms with Gasteiger partial charge in [-0.2, -0.15) is 26.3 Å². The Bertz CT molecular complexity index is 1290. The highest BCUT2D eigenvalue weighted by atomic mass is 19.4. The molecule has 1 N–H and O–H groups in total. The van der Waals surface area contributed by atoms with Crippen LogP contribution in [0.1, 0.15) is 66.0 Å². The standard InChI is InChI=1S/C33H35F6NO3/c1-21(24-16-25(32(34,35)36)18-26(17-24)33(37,38)39)42-31-30(23-10-6-3-7-11-23)28(14-15-41-31)29-13-12-27(43-29)20-40-19-22-8-4-2-5-9-22/h2-11,16-18,21,27-31,40H,12-15,19-20H2,1H3/t21-,27?,28?,29?,30-,31-/m1/s1. The molecule has 5 rings (SSSR count). The van der Waals surface area contributed by atoms with Gasteiger partial charge in [0.2, 0.25) is 0 Å². The predicted octanol–water partition coefficient (Wildman–Crippen LogP) is 8.29.